The standard InChI is InChI=1S/C26H17N3S/c1-2-10-18(11-3-1)29-22-15-5-4-12-19(22)23-24(29)26(21-14-7-9-17-28-21)30-25(23)20-13-6-8-16-27-20/h1-17H. The van der Waals surface area contributed by atoms with Gasteiger partial charge < -0.3 is 4.57 Å². The molecular weight excluding hydrogens is 386 g/mol. The maximum atomic E-state index is 4.69. The average molecular weight is 404 g/mol. The van der Waals surface area contributed by atoms with Crippen molar-refractivity contribution in [3.8, 4) is 26.8 Å². The number of pyridine rings is 2. The largest absolute Gasteiger partial charge is 0.308 e. The Balaban J connectivity index is 1.83. The third-order valence-corrected chi connectivity index (χ3v) is 6.55. The second kappa shape index (κ2) is 6.94. The van der Waals surface area contributed by atoms with E-state index in [9.17, 15) is 0 Å². The minimum atomic E-state index is 0.981. The van der Waals surface area contributed by atoms with Crippen molar-refractivity contribution in [3.05, 3.63) is 103 Å². The van der Waals surface area contributed by atoms with Gasteiger partial charge in [0.05, 0.1) is 32.2 Å². The molecule has 0 atom stereocenters. The number of fused-ring (bicyclic) bond motifs is 3. The highest BCUT2D eigenvalue weighted by Crippen LogP contribution is 2.48. The van der Waals surface area contributed by atoms with E-state index in [1.54, 1.807) is 11.3 Å². The molecular formula is C26H17N3S. The van der Waals surface area contributed by atoms with Gasteiger partial charge in [-0.25, -0.2) is 0 Å². The number of hydrogen-bond donors (Lipinski definition) is 0. The Kier molecular flexibility index (Phi) is 3.96. The first-order valence-corrected chi connectivity index (χ1v) is 10.7. The SMILES string of the molecule is c1ccc(-n2c3ccccc3c3c(-c4ccccn4)sc(-c4ccccn4)c32)cc1. The van der Waals surface area contributed by atoms with Gasteiger partial charge in [-0.2, -0.15) is 0 Å². The molecule has 0 aliphatic heterocycles. The summed E-state index contributed by atoms with van der Waals surface area (Å²) in [6, 6.07) is 31.3. The van der Waals surface area contributed by atoms with Gasteiger partial charge in [0.1, 0.15) is 0 Å². The molecule has 6 rings (SSSR count). The van der Waals surface area contributed by atoms with Gasteiger partial charge in [0.2, 0.25) is 0 Å². The molecule has 0 aliphatic rings. The van der Waals surface area contributed by atoms with Crippen LogP contribution in [0.15, 0.2) is 103 Å². The number of benzene rings is 2. The molecule has 2 aromatic carbocycles. The minimum absolute atomic E-state index is 0.981. The summed E-state index contributed by atoms with van der Waals surface area (Å²) in [5.41, 5.74) is 5.49. The van der Waals surface area contributed by atoms with Gasteiger partial charge in [-0.3, -0.25) is 9.97 Å². The summed E-state index contributed by atoms with van der Waals surface area (Å²) < 4.78 is 2.36. The van der Waals surface area contributed by atoms with Crippen LogP contribution < -0.4 is 0 Å². The van der Waals surface area contributed by atoms with Crippen molar-refractivity contribution < 1.29 is 0 Å². The van der Waals surface area contributed by atoms with Crippen LogP contribution in [0.1, 0.15) is 0 Å². The topological polar surface area (TPSA) is 30.7 Å². The normalized spacial score (nSPS) is 11.3. The van der Waals surface area contributed by atoms with E-state index in [-0.39, 0.29) is 0 Å². The number of para-hydroxylation sites is 2. The number of nitrogens with zero attached hydrogens (tertiary/aromatic N) is 3. The van der Waals surface area contributed by atoms with Crippen LogP contribution >= 0.6 is 11.3 Å². The van der Waals surface area contributed by atoms with E-state index in [1.165, 1.54) is 26.7 Å². The molecule has 0 spiro atoms. The van der Waals surface area contributed by atoms with E-state index in [4.69, 9.17) is 0 Å². The maximum absolute atomic E-state index is 4.69. The summed E-state index contributed by atoms with van der Waals surface area (Å²) >= 11 is 1.76. The van der Waals surface area contributed by atoms with E-state index < -0.39 is 0 Å². The highest BCUT2D eigenvalue weighted by Gasteiger charge is 2.24. The van der Waals surface area contributed by atoms with Crippen LogP contribution in [0.5, 0.6) is 0 Å². The molecule has 0 radical (unpaired) electrons. The van der Waals surface area contributed by atoms with Gasteiger partial charge in [-0.15, -0.1) is 11.3 Å². The van der Waals surface area contributed by atoms with Crippen LogP contribution in [-0.4, -0.2) is 14.5 Å². The Morgan fingerprint density at radius 2 is 1.23 bits per heavy atom. The quantitative estimate of drug-likeness (QED) is 0.319. The fourth-order valence-corrected chi connectivity index (χ4v) is 5.33. The lowest BCUT2D eigenvalue weighted by molar-refractivity contribution is 1.18. The Hall–Kier alpha value is -3.76. The molecule has 0 saturated carbocycles. The van der Waals surface area contributed by atoms with Gasteiger partial charge in [0.25, 0.3) is 0 Å². The fraction of sp³-hybridized carbons (Fsp3) is 0. The van der Waals surface area contributed by atoms with E-state index in [1.807, 2.05) is 36.7 Å². The van der Waals surface area contributed by atoms with Gasteiger partial charge in [0, 0.05) is 28.9 Å². The zero-order valence-corrected chi connectivity index (χ0v) is 16.9. The molecule has 30 heavy (non-hydrogen) atoms. The van der Waals surface area contributed by atoms with E-state index in [0.717, 1.165) is 22.0 Å². The lowest BCUT2D eigenvalue weighted by atomic mass is 10.1. The molecule has 0 saturated heterocycles. The molecule has 0 bridgehead atoms. The summed E-state index contributed by atoms with van der Waals surface area (Å²) in [6.45, 7) is 0. The van der Waals surface area contributed by atoms with Gasteiger partial charge in [-0.1, -0.05) is 48.5 Å². The predicted octanol–water partition coefficient (Wildman–Crippen LogP) is 6.97. The smallest absolute Gasteiger partial charge is 0.0823 e. The van der Waals surface area contributed by atoms with E-state index in [2.05, 4.69) is 81.3 Å². The second-order valence-electron chi connectivity index (χ2n) is 7.10. The Labute approximate surface area is 177 Å². The fourth-order valence-electron chi connectivity index (χ4n) is 4.08. The van der Waals surface area contributed by atoms with E-state index in [0.29, 0.717) is 0 Å². The molecule has 4 heteroatoms. The number of thiophene rings is 1. The summed E-state index contributed by atoms with van der Waals surface area (Å²) in [5, 5.41) is 2.47. The lowest BCUT2D eigenvalue weighted by Crippen LogP contribution is -1.93. The van der Waals surface area contributed by atoms with Crippen molar-refractivity contribution in [3.63, 3.8) is 0 Å². The monoisotopic (exact) mass is 403 g/mol. The summed E-state index contributed by atoms with van der Waals surface area (Å²) in [6.07, 6.45) is 3.72. The van der Waals surface area contributed by atoms with Crippen LogP contribution in [0.3, 0.4) is 0 Å². The average Bonchev–Trinajstić information content (AvgIpc) is 3.37. The lowest BCUT2D eigenvalue weighted by Gasteiger charge is -2.08. The molecule has 142 valence electrons. The maximum Gasteiger partial charge on any atom is 0.0823 e. The predicted molar refractivity (Wildman–Crippen MR) is 125 cm³/mol. The molecule has 4 aromatic heterocycles. The van der Waals surface area contributed by atoms with E-state index >= 15 is 0 Å². The summed E-state index contributed by atoms with van der Waals surface area (Å²) in [5.74, 6) is 0. The second-order valence-corrected chi connectivity index (χ2v) is 8.12. The zero-order chi connectivity index (χ0) is 19.9. The van der Waals surface area contributed by atoms with Crippen LogP contribution in [0.25, 0.3) is 48.6 Å². The van der Waals surface area contributed by atoms with Crippen LogP contribution in [-0.2, 0) is 0 Å². The molecule has 4 heterocycles. The van der Waals surface area contributed by atoms with Crippen LogP contribution in [0.2, 0.25) is 0 Å². The van der Waals surface area contributed by atoms with Crippen molar-refractivity contribution in [1.29, 1.82) is 0 Å². The number of hydrogen-bond acceptors (Lipinski definition) is 3. The Morgan fingerprint density at radius 1 is 0.600 bits per heavy atom. The summed E-state index contributed by atoms with van der Waals surface area (Å²) in [7, 11) is 0. The highest BCUT2D eigenvalue weighted by atomic mass is 32.1. The molecule has 3 nitrogen and oxygen atoms in total. The van der Waals surface area contributed by atoms with Crippen molar-refractivity contribution in [1.82, 2.24) is 14.5 Å². The Bertz CT molecular complexity index is 1470. The molecule has 0 amide bonds. The van der Waals surface area contributed by atoms with Crippen molar-refractivity contribution in [2.75, 3.05) is 0 Å². The number of rotatable bonds is 3. The summed E-state index contributed by atoms with van der Waals surface area (Å²) in [4.78, 5) is 11.7. The zero-order valence-electron chi connectivity index (χ0n) is 16.1. The first-order chi connectivity index (χ1) is 14.9. The van der Waals surface area contributed by atoms with Gasteiger partial charge in [-0.05, 0) is 42.5 Å². The number of aromatic nitrogens is 3. The van der Waals surface area contributed by atoms with Gasteiger partial charge in [0.15, 0.2) is 0 Å². The molecule has 0 aliphatic carbocycles. The molecule has 0 unspecified atom stereocenters. The minimum Gasteiger partial charge on any atom is -0.308 e. The third-order valence-electron chi connectivity index (χ3n) is 5.33. The highest BCUT2D eigenvalue weighted by molar-refractivity contribution is 7.21. The van der Waals surface area contributed by atoms with Crippen molar-refractivity contribution >= 4 is 33.1 Å². The van der Waals surface area contributed by atoms with Crippen molar-refractivity contribution in [2.24, 2.45) is 0 Å². The van der Waals surface area contributed by atoms with Crippen molar-refractivity contribution in [2.45, 2.75) is 0 Å². The first kappa shape index (κ1) is 17.1. The molecule has 0 fully saturated rings. The molecule has 0 N–H and O–H groups in total. The Morgan fingerprint density at radius 3 is 1.93 bits per heavy atom. The molecule has 6 aromatic rings. The van der Waals surface area contributed by atoms with Crippen LogP contribution in [0, 0.1) is 0 Å². The van der Waals surface area contributed by atoms with Gasteiger partial charge >= 0.3 is 0 Å². The third kappa shape index (κ3) is 2.58. The van der Waals surface area contributed by atoms with Crippen LogP contribution in [0.4, 0.5) is 0 Å². The first-order valence-electron chi connectivity index (χ1n) is 9.86.